The summed E-state index contributed by atoms with van der Waals surface area (Å²) in [4.78, 5) is 15.6. The van der Waals surface area contributed by atoms with Gasteiger partial charge in [-0.05, 0) is 67.3 Å². The first-order chi connectivity index (χ1) is 15.4. The van der Waals surface area contributed by atoms with Crippen LogP contribution in [0.25, 0.3) is 6.08 Å². The number of rotatable bonds is 7. The van der Waals surface area contributed by atoms with Gasteiger partial charge in [-0.2, -0.15) is 4.31 Å². The van der Waals surface area contributed by atoms with E-state index in [1.165, 1.54) is 28.5 Å². The van der Waals surface area contributed by atoms with Gasteiger partial charge in [0, 0.05) is 35.6 Å². The Kier molecular flexibility index (Phi) is 7.34. The lowest BCUT2D eigenvalue weighted by molar-refractivity contribution is -0.120. The van der Waals surface area contributed by atoms with Crippen molar-refractivity contribution in [1.82, 2.24) is 9.62 Å². The number of halogens is 1. The van der Waals surface area contributed by atoms with Crippen LogP contribution in [0.3, 0.4) is 0 Å². The molecular weight excluding hydrogens is 470 g/mol. The Bertz CT molecular complexity index is 1120. The summed E-state index contributed by atoms with van der Waals surface area (Å²) in [6.45, 7) is 1.71. The topological polar surface area (TPSA) is 90.0 Å². The number of nitrogens with one attached hydrogen (secondary N) is 1. The molecule has 0 aliphatic carbocycles. The summed E-state index contributed by atoms with van der Waals surface area (Å²) in [5.74, 6) is -0.263. The smallest absolute Gasteiger partial charge is 0.245 e. The van der Waals surface area contributed by atoms with E-state index in [9.17, 15) is 18.3 Å². The van der Waals surface area contributed by atoms with Crippen LogP contribution in [0.5, 0.6) is 0 Å². The van der Waals surface area contributed by atoms with Gasteiger partial charge in [0.15, 0.2) is 0 Å². The van der Waals surface area contributed by atoms with Crippen molar-refractivity contribution in [2.24, 2.45) is 0 Å². The number of carbonyl (C=O) groups excluding carboxylic acids is 1. The summed E-state index contributed by atoms with van der Waals surface area (Å²) in [5, 5.41) is 14.0. The Morgan fingerprint density at radius 2 is 2.12 bits per heavy atom. The molecule has 0 saturated carbocycles. The van der Waals surface area contributed by atoms with E-state index < -0.39 is 16.1 Å². The minimum atomic E-state index is -3.91. The van der Waals surface area contributed by atoms with Crippen LogP contribution in [0.1, 0.15) is 28.8 Å². The number of anilines is 1. The summed E-state index contributed by atoms with van der Waals surface area (Å²) in [5.41, 5.74) is 3.25. The second-order valence-electron chi connectivity index (χ2n) is 7.85. The van der Waals surface area contributed by atoms with Crippen molar-refractivity contribution in [2.75, 3.05) is 31.1 Å². The summed E-state index contributed by atoms with van der Waals surface area (Å²) >= 11 is 7.17. The van der Waals surface area contributed by atoms with Gasteiger partial charge >= 0.3 is 0 Å². The first kappa shape index (κ1) is 23.4. The van der Waals surface area contributed by atoms with Crippen LogP contribution < -0.4 is 10.2 Å². The van der Waals surface area contributed by atoms with Crippen molar-refractivity contribution in [3.05, 3.63) is 56.1 Å². The molecule has 0 unspecified atom stereocenters. The molecule has 1 atom stereocenters. The molecule has 2 aromatic rings. The maximum Gasteiger partial charge on any atom is 0.245 e. The van der Waals surface area contributed by atoms with Crippen LogP contribution in [0, 0.1) is 0 Å². The number of hydrogen-bond acceptors (Lipinski definition) is 6. The highest BCUT2D eigenvalue weighted by Crippen LogP contribution is 2.29. The van der Waals surface area contributed by atoms with E-state index in [4.69, 9.17) is 11.6 Å². The summed E-state index contributed by atoms with van der Waals surface area (Å²) < 4.78 is 27.7. The molecule has 1 aromatic heterocycles. The number of amides is 1. The number of aliphatic hydroxyl groups is 1. The van der Waals surface area contributed by atoms with Crippen molar-refractivity contribution < 1.29 is 18.3 Å². The van der Waals surface area contributed by atoms with Gasteiger partial charge in [0.2, 0.25) is 15.9 Å². The van der Waals surface area contributed by atoms with Crippen LogP contribution in [0.4, 0.5) is 5.69 Å². The predicted molar refractivity (Wildman–Crippen MR) is 128 cm³/mol. The van der Waals surface area contributed by atoms with Gasteiger partial charge in [0.05, 0.1) is 10.9 Å². The number of thiophene rings is 1. The number of sulfonamides is 1. The number of aryl methyl sites for hydroxylation is 1. The molecule has 0 radical (unpaired) electrons. The van der Waals surface area contributed by atoms with E-state index in [1.54, 1.807) is 17.0 Å². The third-order valence-corrected chi connectivity index (χ3v) is 8.55. The number of aliphatic hydroxyl groups excluding tert-OH is 1. The van der Waals surface area contributed by atoms with Gasteiger partial charge in [-0.25, -0.2) is 8.42 Å². The highest BCUT2D eigenvalue weighted by molar-refractivity contribution is 7.92. The fourth-order valence-corrected chi connectivity index (χ4v) is 6.62. The molecule has 1 amide bonds. The van der Waals surface area contributed by atoms with E-state index in [0.717, 1.165) is 41.3 Å². The second-order valence-corrected chi connectivity index (χ2v) is 11.4. The molecule has 1 aromatic carbocycles. The van der Waals surface area contributed by atoms with Crippen molar-refractivity contribution in [3.63, 3.8) is 0 Å². The first-order valence-corrected chi connectivity index (χ1v) is 13.3. The number of carbonyl (C=O) groups is 1. The third-order valence-electron chi connectivity index (χ3n) is 5.79. The van der Waals surface area contributed by atoms with E-state index in [-0.39, 0.29) is 19.1 Å². The third kappa shape index (κ3) is 5.08. The van der Waals surface area contributed by atoms with Crippen LogP contribution >= 0.6 is 22.9 Å². The molecule has 0 bridgehead atoms. The SMILES string of the molecule is O=C1[C@@H](N(CCO)S(=O)(=O)C=Cc2ccc(Cl)s2)CCN1c1ccc2c(c1)CCCNC2. The van der Waals surface area contributed by atoms with Gasteiger partial charge in [-0.15, -0.1) is 11.3 Å². The van der Waals surface area contributed by atoms with Crippen LogP contribution in [0.15, 0.2) is 35.7 Å². The molecule has 3 heterocycles. The zero-order chi connectivity index (χ0) is 22.7. The molecule has 0 spiro atoms. The van der Waals surface area contributed by atoms with Crippen LogP contribution in [-0.4, -0.2) is 56.0 Å². The second kappa shape index (κ2) is 10.0. The lowest BCUT2D eigenvalue weighted by Gasteiger charge is -2.25. The lowest BCUT2D eigenvalue weighted by Crippen LogP contribution is -2.45. The molecule has 1 fully saturated rings. The molecule has 10 heteroatoms. The van der Waals surface area contributed by atoms with E-state index >= 15 is 0 Å². The minimum absolute atomic E-state index is 0.141. The van der Waals surface area contributed by atoms with Crippen molar-refractivity contribution in [3.8, 4) is 0 Å². The van der Waals surface area contributed by atoms with Crippen LogP contribution in [-0.2, 0) is 27.8 Å². The Balaban J connectivity index is 1.55. The first-order valence-electron chi connectivity index (χ1n) is 10.6. The number of fused-ring (bicyclic) bond motifs is 1. The zero-order valence-corrected chi connectivity index (χ0v) is 19.9. The number of nitrogens with zero attached hydrogens (tertiary/aromatic N) is 2. The van der Waals surface area contributed by atoms with Gasteiger partial charge in [-0.1, -0.05) is 17.7 Å². The minimum Gasteiger partial charge on any atom is -0.395 e. The molecule has 4 rings (SSSR count). The monoisotopic (exact) mass is 495 g/mol. The predicted octanol–water partition coefficient (Wildman–Crippen LogP) is 2.84. The molecule has 32 heavy (non-hydrogen) atoms. The summed E-state index contributed by atoms with van der Waals surface area (Å²) in [6.07, 6.45) is 3.82. The van der Waals surface area contributed by atoms with Gasteiger partial charge in [0.25, 0.3) is 0 Å². The molecule has 172 valence electrons. The standard InChI is InChI=1S/C22H26ClN3O4S2/c23-21-6-5-19(31-21)8-13-32(29,30)26(11-12-27)20-7-10-25(22(20)28)18-4-3-17-15-24-9-1-2-16(17)14-18/h3-6,8,13-14,20,24,27H,1-2,7,9-12,15H2/t20-/m0/s1. The fraction of sp³-hybridized carbons (Fsp3) is 0.409. The average Bonchev–Trinajstić information content (AvgIpc) is 3.27. The fourth-order valence-electron chi connectivity index (χ4n) is 4.21. The Morgan fingerprint density at radius 1 is 1.28 bits per heavy atom. The Hall–Kier alpha value is -1.75. The van der Waals surface area contributed by atoms with Crippen molar-refractivity contribution >= 4 is 50.6 Å². The van der Waals surface area contributed by atoms with E-state index in [0.29, 0.717) is 22.2 Å². The Labute approximate surface area is 197 Å². The molecule has 7 nitrogen and oxygen atoms in total. The summed E-state index contributed by atoms with van der Waals surface area (Å²) in [6, 6.07) is 8.60. The normalized spacial score (nSPS) is 19.7. The highest BCUT2D eigenvalue weighted by atomic mass is 35.5. The van der Waals surface area contributed by atoms with Crippen LogP contribution in [0.2, 0.25) is 4.34 Å². The summed E-state index contributed by atoms with van der Waals surface area (Å²) in [7, 11) is -3.91. The molecule has 2 aliphatic rings. The van der Waals surface area contributed by atoms with E-state index in [2.05, 4.69) is 5.32 Å². The molecule has 2 N–H and O–H groups in total. The van der Waals surface area contributed by atoms with Gasteiger partial charge in [-0.3, -0.25) is 4.79 Å². The quantitative estimate of drug-likeness (QED) is 0.616. The average molecular weight is 496 g/mol. The number of benzene rings is 1. The highest BCUT2D eigenvalue weighted by Gasteiger charge is 2.41. The molecule has 2 aliphatic heterocycles. The lowest BCUT2D eigenvalue weighted by atomic mass is 10.0. The Morgan fingerprint density at radius 3 is 2.88 bits per heavy atom. The van der Waals surface area contributed by atoms with E-state index in [1.807, 2.05) is 18.2 Å². The van der Waals surface area contributed by atoms with Gasteiger partial charge < -0.3 is 15.3 Å². The molecular formula is C22H26ClN3O4S2. The molecule has 1 saturated heterocycles. The van der Waals surface area contributed by atoms with Gasteiger partial charge in [0.1, 0.15) is 6.04 Å². The zero-order valence-electron chi connectivity index (χ0n) is 17.5. The number of hydrogen-bond donors (Lipinski definition) is 2. The largest absolute Gasteiger partial charge is 0.395 e. The van der Waals surface area contributed by atoms with Crippen molar-refractivity contribution in [2.45, 2.75) is 31.8 Å². The maximum atomic E-state index is 13.3. The maximum absolute atomic E-state index is 13.3. The van der Waals surface area contributed by atoms with Crippen molar-refractivity contribution in [1.29, 1.82) is 0 Å².